The molecule has 3 N–H and O–H groups in total. The summed E-state index contributed by atoms with van der Waals surface area (Å²) >= 11 is 0. The zero-order valence-corrected chi connectivity index (χ0v) is 18.0. The van der Waals surface area contributed by atoms with Crippen molar-refractivity contribution in [3.8, 4) is 0 Å². The molecule has 6 heteroatoms. The van der Waals surface area contributed by atoms with Crippen LogP contribution in [-0.2, 0) is 14.4 Å². The van der Waals surface area contributed by atoms with Gasteiger partial charge in [0, 0.05) is 25.9 Å². The quantitative estimate of drug-likeness (QED) is 0.379. The normalized spacial score (nSPS) is 13.1. The largest absolute Gasteiger partial charge is 0.354 e. The van der Waals surface area contributed by atoms with Gasteiger partial charge in [-0.1, -0.05) is 59.3 Å². The number of nitrogens with one attached hydrogen (secondary N) is 3. The second-order valence-electron chi connectivity index (χ2n) is 7.97. The van der Waals surface area contributed by atoms with Crippen LogP contribution in [0.15, 0.2) is 0 Å². The van der Waals surface area contributed by atoms with E-state index in [4.69, 9.17) is 0 Å². The maximum absolute atomic E-state index is 12.5. The van der Waals surface area contributed by atoms with Gasteiger partial charge in [-0.2, -0.15) is 0 Å². The molecule has 3 amide bonds. The maximum atomic E-state index is 12.5. The Morgan fingerprint density at radius 2 is 1.44 bits per heavy atom. The third-order valence-electron chi connectivity index (χ3n) is 4.43. The minimum Gasteiger partial charge on any atom is -0.354 e. The lowest BCUT2D eigenvalue weighted by molar-refractivity contribution is -0.129. The molecule has 1 unspecified atom stereocenters. The third-order valence-corrected chi connectivity index (χ3v) is 4.43. The Labute approximate surface area is 165 Å². The molecular formula is C21H41N3O3. The SMILES string of the molecule is CCCCCCCCCC(=O)N[C@@H](CNC(C)=O)C(=O)NC(C)CC(C)C. The van der Waals surface area contributed by atoms with E-state index in [9.17, 15) is 14.4 Å². The van der Waals surface area contributed by atoms with E-state index in [1.807, 2.05) is 6.92 Å². The van der Waals surface area contributed by atoms with Crippen LogP contribution in [-0.4, -0.2) is 36.3 Å². The summed E-state index contributed by atoms with van der Waals surface area (Å²) in [6.07, 6.45) is 9.28. The highest BCUT2D eigenvalue weighted by Crippen LogP contribution is 2.08. The van der Waals surface area contributed by atoms with Gasteiger partial charge in [0.1, 0.15) is 6.04 Å². The number of rotatable bonds is 15. The van der Waals surface area contributed by atoms with Crippen molar-refractivity contribution in [2.24, 2.45) is 5.92 Å². The molecule has 0 aliphatic heterocycles. The van der Waals surface area contributed by atoms with Gasteiger partial charge in [-0.25, -0.2) is 0 Å². The van der Waals surface area contributed by atoms with Gasteiger partial charge in [0.2, 0.25) is 17.7 Å². The molecule has 27 heavy (non-hydrogen) atoms. The molecule has 0 saturated carbocycles. The van der Waals surface area contributed by atoms with Crippen molar-refractivity contribution < 1.29 is 14.4 Å². The number of carbonyl (C=O) groups excluding carboxylic acids is 3. The Bertz CT molecular complexity index is 438. The summed E-state index contributed by atoms with van der Waals surface area (Å²) in [5.41, 5.74) is 0. The minimum atomic E-state index is -0.736. The van der Waals surface area contributed by atoms with Crippen molar-refractivity contribution in [2.75, 3.05) is 6.54 Å². The van der Waals surface area contributed by atoms with Crippen LogP contribution in [0.2, 0.25) is 0 Å². The highest BCUT2D eigenvalue weighted by Gasteiger charge is 2.22. The van der Waals surface area contributed by atoms with Crippen LogP contribution in [0.1, 0.15) is 92.4 Å². The Hall–Kier alpha value is -1.59. The Morgan fingerprint density at radius 1 is 0.852 bits per heavy atom. The van der Waals surface area contributed by atoms with Crippen LogP contribution in [0.4, 0.5) is 0 Å². The first kappa shape index (κ1) is 25.4. The molecule has 0 aromatic carbocycles. The number of hydrogen-bond donors (Lipinski definition) is 3. The molecule has 0 radical (unpaired) electrons. The first-order valence-corrected chi connectivity index (χ1v) is 10.6. The van der Waals surface area contributed by atoms with Crippen LogP contribution in [0.25, 0.3) is 0 Å². The summed E-state index contributed by atoms with van der Waals surface area (Å²) < 4.78 is 0. The molecule has 0 saturated heterocycles. The summed E-state index contributed by atoms with van der Waals surface area (Å²) in [6.45, 7) is 9.85. The summed E-state index contributed by atoms with van der Waals surface area (Å²) in [5, 5.41) is 8.34. The molecule has 0 spiro atoms. The monoisotopic (exact) mass is 383 g/mol. The number of amides is 3. The Morgan fingerprint density at radius 3 is 2.00 bits per heavy atom. The maximum Gasteiger partial charge on any atom is 0.244 e. The summed E-state index contributed by atoms with van der Waals surface area (Å²) in [4.78, 5) is 35.9. The Kier molecular flexibility index (Phi) is 14.6. The Balaban J connectivity index is 4.34. The zero-order chi connectivity index (χ0) is 20.7. The predicted molar refractivity (Wildman–Crippen MR) is 110 cm³/mol. The molecule has 0 heterocycles. The van der Waals surface area contributed by atoms with E-state index in [1.165, 1.54) is 32.6 Å². The van der Waals surface area contributed by atoms with Crippen molar-refractivity contribution in [2.45, 2.75) is 104 Å². The lowest BCUT2D eigenvalue weighted by Gasteiger charge is -2.22. The van der Waals surface area contributed by atoms with Gasteiger partial charge in [-0.05, 0) is 25.7 Å². The third kappa shape index (κ3) is 15.2. The van der Waals surface area contributed by atoms with Crippen molar-refractivity contribution in [3.05, 3.63) is 0 Å². The fraction of sp³-hybridized carbons (Fsp3) is 0.857. The molecular weight excluding hydrogens is 342 g/mol. The smallest absolute Gasteiger partial charge is 0.244 e. The summed E-state index contributed by atoms with van der Waals surface area (Å²) in [7, 11) is 0. The molecule has 2 atom stereocenters. The number of hydrogen-bond acceptors (Lipinski definition) is 3. The van der Waals surface area contributed by atoms with Gasteiger partial charge in [0.15, 0.2) is 0 Å². The molecule has 0 rings (SSSR count). The van der Waals surface area contributed by atoms with E-state index in [2.05, 4.69) is 36.7 Å². The van der Waals surface area contributed by atoms with E-state index >= 15 is 0 Å². The van der Waals surface area contributed by atoms with Gasteiger partial charge in [0.05, 0.1) is 0 Å². The van der Waals surface area contributed by atoms with E-state index in [0.717, 1.165) is 25.7 Å². The minimum absolute atomic E-state index is 0.0253. The summed E-state index contributed by atoms with van der Waals surface area (Å²) in [6, 6.07) is -0.710. The van der Waals surface area contributed by atoms with Crippen molar-refractivity contribution in [1.82, 2.24) is 16.0 Å². The molecule has 0 fully saturated rings. The predicted octanol–water partition coefficient (Wildman–Crippen LogP) is 3.30. The fourth-order valence-corrected chi connectivity index (χ4v) is 3.07. The van der Waals surface area contributed by atoms with Crippen molar-refractivity contribution in [1.29, 1.82) is 0 Å². The topological polar surface area (TPSA) is 87.3 Å². The van der Waals surface area contributed by atoms with Gasteiger partial charge >= 0.3 is 0 Å². The molecule has 6 nitrogen and oxygen atoms in total. The van der Waals surface area contributed by atoms with Crippen LogP contribution >= 0.6 is 0 Å². The van der Waals surface area contributed by atoms with Gasteiger partial charge in [-0.15, -0.1) is 0 Å². The second kappa shape index (κ2) is 15.5. The van der Waals surface area contributed by atoms with Crippen molar-refractivity contribution in [3.63, 3.8) is 0 Å². The van der Waals surface area contributed by atoms with E-state index < -0.39 is 6.04 Å². The highest BCUT2D eigenvalue weighted by atomic mass is 16.2. The van der Waals surface area contributed by atoms with Crippen molar-refractivity contribution >= 4 is 17.7 Å². The first-order chi connectivity index (χ1) is 12.8. The first-order valence-electron chi connectivity index (χ1n) is 10.6. The molecule has 0 aliphatic rings. The second-order valence-corrected chi connectivity index (χ2v) is 7.97. The molecule has 0 aromatic heterocycles. The molecule has 158 valence electrons. The van der Waals surface area contributed by atoms with Gasteiger partial charge in [0.25, 0.3) is 0 Å². The lowest BCUT2D eigenvalue weighted by atomic mass is 10.0. The van der Waals surface area contributed by atoms with Crippen LogP contribution < -0.4 is 16.0 Å². The number of unbranched alkanes of at least 4 members (excludes halogenated alkanes) is 6. The van der Waals surface area contributed by atoms with E-state index in [-0.39, 0.29) is 30.3 Å². The van der Waals surface area contributed by atoms with Gasteiger partial charge in [-0.3, -0.25) is 14.4 Å². The van der Waals surface area contributed by atoms with Crippen LogP contribution in [0, 0.1) is 5.92 Å². The average molecular weight is 384 g/mol. The molecule has 0 aromatic rings. The van der Waals surface area contributed by atoms with Gasteiger partial charge < -0.3 is 16.0 Å². The zero-order valence-electron chi connectivity index (χ0n) is 18.0. The van der Waals surface area contributed by atoms with Crippen LogP contribution in [0.3, 0.4) is 0 Å². The lowest BCUT2D eigenvalue weighted by Crippen LogP contribution is -2.54. The standard InChI is InChI=1S/C21H41N3O3/c1-6-7-8-9-10-11-12-13-20(26)24-19(15-22-18(5)25)21(27)23-17(4)14-16(2)3/h16-17,19H,6-15H2,1-5H3,(H,22,25)(H,23,27)(H,24,26)/t17?,19-/m0/s1. The highest BCUT2D eigenvalue weighted by molar-refractivity contribution is 5.88. The summed E-state index contributed by atoms with van der Waals surface area (Å²) in [5.74, 6) is -0.124. The average Bonchev–Trinajstić information content (AvgIpc) is 2.56. The number of carbonyl (C=O) groups is 3. The molecule has 0 aliphatic carbocycles. The van der Waals surface area contributed by atoms with Crippen LogP contribution in [0.5, 0.6) is 0 Å². The van der Waals surface area contributed by atoms with E-state index in [0.29, 0.717) is 12.3 Å². The fourth-order valence-electron chi connectivity index (χ4n) is 3.07. The molecule has 0 bridgehead atoms. The van der Waals surface area contributed by atoms with E-state index in [1.54, 1.807) is 0 Å².